The third-order valence-corrected chi connectivity index (χ3v) is 4.97. The van der Waals surface area contributed by atoms with Crippen molar-refractivity contribution in [2.75, 3.05) is 13.1 Å². The molecule has 25 heavy (non-hydrogen) atoms. The minimum atomic E-state index is -1.17. The summed E-state index contributed by atoms with van der Waals surface area (Å²) < 4.78 is 0. The molecule has 0 saturated carbocycles. The Labute approximate surface area is 144 Å². The molecule has 1 unspecified atom stereocenters. The van der Waals surface area contributed by atoms with E-state index >= 15 is 0 Å². The largest absolute Gasteiger partial charge is 0.481 e. The van der Waals surface area contributed by atoms with Crippen LogP contribution < -0.4 is 10.6 Å². The zero-order valence-corrected chi connectivity index (χ0v) is 13.9. The van der Waals surface area contributed by atoms with E-state index in [1.165, 1.54) is 4.90 Å². The van der Waals surface area contributed by atoms with E-state index in [2.05, 4.69) is 10.6 Å². The number of carbonyl (C=O) groups excluding carboxylic acids is 3. The van der Waals surface area contributed by atoms with Crippen molar-refractivity contribution in [3.8, 4) is 0 Å². The summed E-state index contributed by atoms with van der Waals surface area (Å²) in [6, 6.07) is 5.84. The van der Waals surface area contributed by atoms with Gasteiger partial charge >= 0.3 is 12.0 Å². The Bertz CT molecular complexity index is 760. The Morgan fingerprint density at radius 3 is 2.32 bits per heavy atom. The number of rotatable bonds is 3. The highest BCUT2D eigenvalue weighted by atomic mass is 16.4. The maximum atomic E-state index is 12.6. The third-order valence-electron chi connectivity index (χ3n) is 4.97. The van der Waals surface area contributed by atoms with E-state index in [0.29, 0.717) is 17.7 Å². The number of carboxylic acids is 1. The normalized spacial score (nSPS) is 28.6. The Balaban J connectivity index is 1.77. The van der Waals surface area contributed by atoms with Crippen LogP contribution in [0.1, 0.15) is 29.8 Å². The van der Waals surface area contributed by atoms with E-state index < -0.39 is 29.4 Å². The highest BCUT2D eigenvalue weighted by Crippen LogP contribution is 2.27. The van der Waals surface area contributed by atoms with Gasteiger partial charge in [-0.15, -0.1) is 0 Å². The van der Waals surface area contributed by atoms with Gasteiger partial charge in [-0.3, -0.25) is 19.7 Å². The van der Waals surface area contributed by atoms with Gasteiger partial charge in [0.05, 0.1) is 5.92 Å². The van der Waals surface area contributed by atoms with Crippen LogP contribution in [0.4, 0.5) is 4.79 Å². The second-order valence-electron chi connectivity index (χ2n) is 6.74. The number of benzene rings is 1. The zero-order valence-electron chi connectivity index (χ0n) is 13.9. The molecule has 1 aromatic carbocycles. The number of hydrogen-bond acceptors (Lipinski definition) is 4. The molecule has 8 heteroatoms. The van der Waals surface area contributed by atoms with Crippen LogP contribution >= 0.6 is 0 Å². The number of likely N-dealkylation sites (tertiary alicyclic amines) is 1. The Morgan fingerprint density at radius 2 is 1.84 bits per heavy atom. The summed E-state index contributed by atoms with van der Waals surface area (Å²) in [5.74, 6) is -2.24. The van der Waals surface area contributed by atoms with Crippen molar-refractivity contribution in [1.29, 1.82) is 0 Å². The van der Waals surface area contributed by atoms with Crippen LogP contribution in [-0.4, -0.2) is 46.9 Å². The summed E-state index contributed by atoms with van der Waals surface area (Å²) in [4.78, 5) is 48.6. The van der Waals surface area contributed by atoms with Crippen molar-refractivity contribution in [3.63, 3.8) is 0 Å². The molecule has 8 nitrogen and oxygen atoms in total. The lowest BCUT2D eigenvalue weighted by Crippen LogP contribution is -2.40. The van der Waals surface area contributed by atoms with Crippen LogP contribution in [0.25, 0.3) is 0 Å². The predicted octanol–water partition coefficient (Wildman–Crippen LogP) is 0.534. The van der Waals surface area contributed by atoms with Crippen LogP contribution in [0.15, 0.2) is 24.3 Å². The molecule has 4 amide bonds. The van der Waals surface area contributed by atoms with Crippen molar-refractivity contribution in [2.24, 2.45) is 11.8 Å². The van der Waals surface area contributed by atoms with Gasteiger partial charge in [-0.1, -0.05) is 19.1 Å². The molecule has 2 aliphatic rings. The highest BCUT2D eigenvalue weighted by molar-refractivity contribution is 6.07. The number of hydrogen-bond donors (Lipinski definition) is 3. The Morgan fingerprint density at radius 1 is 1.20 bits per heavy atom. The van der Waals surface area contributed by atoms with E-state index in [0.717, 1.165) is 0 Å². The number of imide groups is 1. The zero-order chi connectivity index (χ0) is 18.4. The number of amides is 4. The van der Waals surface area contributed by atoms with E-state index in [1.54, 1.807) is 31.2 Å². The van der Waals surface area contributed by atoms with E-state index in [4.69, 9.17) is 0 Å². The van der Waals surface area contributed by atoms with E-state index in [9.17, 15) is 24.3 Å². The van der Waals surface area contributed by atoms with Crippen LogP contribution in [0.3, 0.4) is 0 Å². The van der Waals surface area contributed by atoms with Gasteiger partial charge in [-0.2, -0.15) is 0 Å². The van der Waals surface area contributed by atoms with Crippen molar-refractivity contribution >= 4 is 23.8 Å². The fourth-order valence-electron chi connectivity index (χ4n) is 3.33. The molecule has 0 radical (unpaired) electrons. The van der Waals surface area contributed by atoms with Crippen LogP contribution in [0.5, 0.6) is 0 Å². The minimum absolute atomic E-state index is 0.1000. The molecule has 2 saturated heterocycles. The van der Waals surface area contributed by atoms with Crippen LogP contribution in [0.2, 0.25) is 0 Å². The van der Waals surface area contributed by atoms with Gasteiger partial charge < -0.3 is 15.3 Å². The van der Waals surface area contributed by atoms with Crippen molar-refractivity contribution < 1.29 is 24.3 Å². The van der Waals surface area contributed by atoms with Crippen LogP contribution in [-0.2, 0) is 15.1 Å². The molecule has 3 N–H and O–H groups in total. The summed E-state index contributed by atoms with van der Waals surface area (Å²) in [5.41, 5.74) is -0.198. The lowest BCUT2D eigenvalue weighted by atomic mass is 9.91. The predicted molar refractivity (Wildman–Crippen MR) is 86.7 cm³/mol. The number of aliphatic carboxylic acids is 1. The van der Waals surface area contributed by atoms with E-state index in [1.807, 2.05) is 6.92 Å². The number of nitrogens with zero attached hydrogens (tertiary/aromatic N) is 1. The Kier molecular flexibility index (Phi) is 3.98. The highest BCUT2D eigenvalue weighted by Gasteiger charge is 2.43. The standard InChI is InChI=1S/C17H19N3O5/c1-9-7-20(8-12(9)14(22)23)13(21)10-3-5-11(6-4-10)17(2)15(24)18-16(25)19-17/h3-6,9,12H,7-8H2,1-2H3,(H,22,23)(H2,18,19,24,25)/t9-,12-,17?/m1/s1. The van der Waals surface area contributed by atoms with Gasteiger partial charge in [0, 0.05) is 18.7 Å². The molecule has 3 rings (SSSR count). The SMILES string of the molecule is C[C@@H]1CN(C(=O)c2ccc(C3(C)NC(=O)NC3=O)cc2)C[C@H]1C(=O)O. The van der Waals surface area contributed by atoms with Gasteiger partial charge in [0.1, 0.15) is 5.54 Å². The molecule has 2 heterocycles. The summed E-state index contributed by atoms with van der Waals surface area (Å²) in [6.45, 7) is 3.99. The number of carbonyl (C=O) groups is 4. The van der Waals surface area contributed by atoms with E-state index in [-0.39, 0.29) is 18.4 Å². The van der Waals surface area contributed by atoms with Crippen molar-refractivity contribution in [2.45, 2.75) is 19.4 Å². The fourth-order valence-corrected chi connectivity index (χ4v) is 3.33. The molecule has 0 aliphatic carbocycles. The number of nitrogens with one attached hydrogen (secondary N) is 2. The van der Waals surface area contributed by atoms with Gasteiger partial charge in [-0.05, 0) is 30.5 Å². The smallest absolute Gasteiger partial charge is 0.322 e. The van der Waals surface area contributed by atoms with Gasteiger partial charge in [0.15, 0.2) is 0 Å². The van der Waals surface area contributed by atoms with Gasteiger partial charge in [0.25, 0.3) is 11.8 Å². The molecule has 3 atom stereocenters. The quantitative estimate of drug-likeness (QED) is 0.691. The molecular weight excluding hydrogens is 326 g/mol. The van der Waals surface area contributed by atoms with Crippen LogP contribution in [0, 0.1) is 11.8 Å². The van der Waals surface area contributed by atoms with Crippen molar-refractivity contribution in [3.05, 3.63) is 35.4 Å². The Hall–Kier alpha value is -2.90. The summed E-state index contributed by atoms with van der Waals surface area (Å²) in [7, 11) is 0. The minimum Gasteiger partial charge on any atom is -0.481 e. The first-order chi connectivity index (χ1) is 11.7. The summed E-state index contributed by atoms with van der Waals surface area (Å²) in [6.07, 6.45) is 0. The van der Waals surface area contributed by atoms with Gasteiger partial charge in [-0.25, -0.2) is 4.79 Å². The molecule has 0 aromatic heterocycles. The molecule has 2 aliphatic heterocycles. The average molecular weight is 345 g/mol. The monoisotopic (exact) mass is 345 g/mol. The molecule has 0 bridgehead atoms. The first-order valence-corrected chi connectivity index (χ1v) is 7.98. The second kappa shape index (κ2) is 5.87. The molecule has 132 valence electrons. The molecule has 1 aromatic rings. The van der Waals surface area contributed by atoms with Crippen molar-refractivity contribution in [1.82, 2.24) is 15.5 Å². The lowest BCUT2D eigenvalue weighted by molar-refractivity contribution is -0.142. The fraction of sp³-hybridized carbons (Fsp3) is 0.412. The van der Waals surface area contributed by atoms with Gasteiger partial charge in [0.2, 0.25) is 0 Å². The molecule has 0 spiro atoms. The molecular formula is C17H19N3O5. The first-order valence-electron chi connectivity index (χ1n) is 7.98. The summed E-state index contributed by atoms with van der Waals surface area (Å²) >= 11 is 0. The molecule has 2 fully saturated rings. The second-order valence-corrected chi connectivity index (χ2v) is 6.74. The number of carboxylic acid groups (broad SMARTS) is 1. The topological polar surface area (TPSA) is 116 Å². The number of urea groups is 1. The lowest BCUT2D eigenvalue weighted by Gasteiger charge is -2.22. The first kappa shape index (κ1) is 16.9. The average Bonchev–Trinajstić information content (AvgIpc) is 3.07. The third kappa shape index (κ3) is 2.84. The maximum absolute atomic E-state index is 12.6. The summed E-state index contributed by atoms with van der Waals surface area (Å²) in [5, 5.41) is 13.9. The maximum Gasteiger partial charge on any atom is 0.322 e.